The van der Waals surface area contributed by atoms with Crippen LogP contribution in [0, 0.1) is 0 Å². The predicted octanol–water partition coefficient (Wildman–Crippen LogP) is 2.49. The molecule has 21 heavy (non-hydrogen) atoms. The minimum atomic E-state index is -0.717. The van der Waals surface area contributed by atoms with Crippen LogP contribution in [-0.2, 0) is 6.67 Å². The topological polar surface area (TPSA) is 71.3 Å². The molecule has 1 atom stereocenters. The van der Waals surface area contributed by atoms with Crippen molar-refractivity contribution < 1.29 is 14.2 Å². The molecular weight excluding hydrogens is 271 g/mol. The van der Waals surface area contributed by atoms with Crippen LogP contribution in [-0.4, -0.2) is 29.3 Å². The van der Waals surface area contributed by atoms with Gasteiger partial charge in [-0.15, -0.1) is 0 Å². The van der Waals surface area contributed by atoms with Crippen LogP contribution in [0.3, 0.4) is 0 Å². The van der Waals surface area contributed by atoms with Crippen molar-refractivity contribution in [3.63, 3.8) is 0 Å². The maximum atomic E-state index is 13.2. The lowest BCUT2D eigenvalue weighted by molar-refractivity contribution is 0.115. The van der Waals surface area contributed by atoms with Crippen molar-refractivity contribution in [1.82, 2.24) is 4.98 Å². The number of aliphatic hydroxyl groups is 1. The van der Waals surface area contributed by atoms with Crippen LogP contribution in [0.2, 0.25) is 0 Å². The number of ether oxygens (including phenoxy) is 1. The summed E-state index contributed by atoms with van der Waals surface area (Å²) in [6.07, 6.45) is -0.717. The van der Waals surface area contributed by atoms with Gasteiger partial charge in [0.05, 0.1) is 5.52 Å². The van der Waals surface area contributed by atoms with E-state index in [0.717, 1.165) is 21.8 Å². The zero-order chi connectivity index (χ0) is 14.8. The van der Waals surface area contributed by atoms with Gasteiger partial charge in [0.1, 0.15) is 25.1 Å². The van der Waals surface area contributed by atoms with E-state index in [9.17, 15) is 9.50 Å². The fourth-order valence-electron chi connectivity index (χ4n) is 2.47. The third-order valence-corrected chi connectivity index (χ3v) is 3.56. The number of nitrogens with one attached hydrogen (secondary N) is 1. The van der Waals surface area contributed by atoms with Gasteiger partial charge in [-0.2, -0.15) is 0 Å². The Morgan fingerprint density at radius 3 is 2.81 bits per heavy atom. The van der Waals surface area contributed by atoms with Crippen LogP contribution in [0.4, 0.5) is 4.39 Å². The Balaban J connectivity index is 2.15. The first-order valence-electron chi connectivity index (χ1n) is 6.83. The standard InChI is InChI=1S/C16H17FN2O2/c17-7-10-5-6-14(21-9-11(20)8-18)15-12-3-1-2-4-13(12)19-16(10)15/h1-6,11,19-20H,7-9,18H2. The number of rotatable bonds is 5. The molecule has 0 aliphatic heterocycles. The van der Waals surface area contributed by atoms with Crippen molar-refractivity contribution >= 4 is 21.8 Å². The average molecular weight is 288 g/mol. The van der Waals surface area contributed by atoms with Gasteiger partial charge in [-0.05, 0) is 12.1 Å². The molecule has 110 valence electrons. The van der Waals surface area contributed by atoms with Crippen molar-refractivity contribution in [2.45, 2.75) is 12.8 Å². The Labute approximate surface area is 121 Å². The molecule has 0 bridgehead atoms. The van der Waals surface area contributed by atoms with Gasteiger partial charge >= 0.3 is 0 Å². The molecule has 0 radical (unpaired) electrons. The number of aromatic amines is 1. The Bertz CT molecular complexity index is 769. The molecular formula is C16H17FN2O2. The molecule has 2 aromatic carbocycles. The maximum absolute atomic E-state index is 13.2. The summed E-state index contributed by atoms with van der Waals surface area (Å²) < 4.78 is 18.8. The molecule has 4 N–H and O–H groups in total. The van der Waals surface area contributed by atoms with E-state index < -0.39 is 12.8 Å². The molecule has 0 fully saturated rings. The van der Waals surface area contributed by atoms with Crippen LogP contribution in [0.25, 0.3) is 21.8 Å². The lowest BCUT2D eigenvalue weighted by Crippen LogP contribution is -2.26. The summed E-state index contributed by atoms with van der Waals surface area (Å²) in [6.45, 7) is -0.297. The second-order valence-electron chi connectivity index (χ2n) is 4.98. The number of aliphatic hydroxyl groups excluding tert-OH is 1. The van der Waals surface area contributed by atoms with Gasteiger partial charge in [0.15, 0.2) is 0 Å². The van der Waals surface area contributed by atoms with Crippen molar-refractivity contribution in [1.29, 1.82) is 0 Å². The van der Waals surface area contributed by atoms with Gasteiger partial charge < -0.3 is 20.6 Å². The first kappa shape index (κ1) is 13.9. The van der Waals surface area contributed by atoms with Gasteiger partial charge in [0.2, 0.25) is 0 Å². The highest BCUT2D eigenvalue weighted by Gasteiger charge is 2.14. The summed E-state index contributed by atoms with van der Waals surface area (Å²) in [4.78, 5) is 3.23. The number of para-hydroxylation sites is 1. The second-order valence-corrected chi connectivity index (χ2v) is 4.98. The summed E-state index contributed by atoms with van der Waals surface area (Å²) in [5, 5.41) is 11.3. The monoisotopic (exact) mass is 288 g/mol. The smallest absolute Gasteiger partial charge is 0.129 e. The molecule has 0 saturated heterocycles. The van der Waals surface area contributed by atoms with Crippen molar-refractivity contribution in [3.8, 4) is 5.75 Å². The first-order chi connectivity index (χ1) is 10.2. The Morgan fingerprint density at radius 2 is 2.05 bits per heavy atom. The number of fused-ring (bicyclic) bond motifs is 3. The van der Waals surface area contributed by atoms with E-state index >= 15 is 0 Å². The van der Waals surface area contributed by atoms with Crippen LogP contribution in [0.15, 0.2) is 36.4 Å². The Morgan fingerprint density at radius 1 is 1.24 bits per heavy atom. The van der Waals surface area contributed by atoms with E-state index in [1.165, 1.54) is 0 Å². The van der Waals surface area contributed by atoms with E-state index in [2.05, 4.69) is 4.98 Å². The van der Waals surface area contributed by atoms with E-state index in [1.807, 2.05) is 24.3 Å². The molecule has 0 aliphatic carbocycles. The van der Waals surface area contributed by atoms with Gasteiger partial charge in [-0.3, -0.25) is 0 Å². The van der Waals surface area contributed by atoms with Crippen LogP contribution in [0.5, 0.6) is 5.75 Å². The third kappa shape index (κ3) is 2.46. The van der Waals surface area contributed by atoms with Crippen molar-refractivity contribution in [2.24, 2.45) is 5.73 Å². The third-order valence-electron chi connectivity index (χ3n) is 3.56. The summed E-state index contributed by atoms with van der Waals surface area (Å²) in [5.74, 6) is 0.618. The van der Waals surface area contributed by atoms with E-state index in [0.29, 0.717) is 11.3 Å². The largest absolute Gasteiger partial charge is 0.490 e. The molecule has 4 nitrogen and oxygen atoms in total. The van der Waals surface area contributed by atoms with Crippen LogP contribution >= 0.6 is 0 Å². The van der Waals surface area contributed by atoms with E-state index in [1.54, 1.807) is 12.1 Å². The fourth-order valence-corrected chi connectivity index (χ4v) is 2.47. The van der Waals surface area contributed by atoms with Gasteiger partial charge in [-0.1, -0.05) is 24.3 Å². The molecule has 0 aliphatic rings. The normalized spacial score (nSPS) is 12.9. The number of hydrogen-bond donors (Lipinski definition) is 3. The van der Waals surface area contributed by atoms with Crippen LogP contribution < -0.4 is 10.5 Å². The second kappa shape index (κ2) is 5.71. The first-order valence-corrected chi connectivity index (χ1v) is 6.83. The fraction of sp³-hybridized carbons (Fsp3) is 0.250. The maximum Gasteiger partial charge on any atom is 0.129 e. The van der Waals surface area contributed by atoms with Crippen molar-refractivity contribution in [2.75, 3.05) is 13.2 Å². The number of nitrogens with two attached hydrogens (primary N) is 1. The molecule has 3 aromatic rings. The number of H-pyrrole nitrogens is 1. The van der Waals surface area contributed by atoms with E-state index in [-0.39, 0.29) is 13.2 Å². The Kier molecular flexibility index (Phi) is 3.77. The highest BCUT2D eigenvalue weighted by atomic mass is 19.1. The lowest BCUT2D eigenvalue weighted by Gasteiger charge is -2.12. The highest BCUT2D eigenvalue weighted by molar-refractivity contribution is 6.11. The quantitative estimate of drug-likeness (QED) is 0.675. The number of hydrogen-bond acceptors (Lipinski definition) is 3. The number of halogens is 1. The summed E-state index contributed by atoms with van der Waals surface area (Å²) in [5.41, 5.74) is 7.63. The highest BCUT2D eigenvalue weighted by Crippen LogP contribution is 2.35. The molecule has 5 heteroatoms. The molecule has 1 heterocycles. The van der Waals surface area contributed by atoms with Crippen molar-refractivity contribution in [3.05, 3.63) is 42.0 Å². The summed E-state index contributed by atoms with van der Waals surface area (Å²) >= 11 is 0. The lowest BCUT2D eigenvalue weighted by atomic mass is 10.1. The average Bonchev–Trinajstić information content (AvgIpc) is 2.92. The minimum Gasteiger partial charge on any atom is -0.490 e. The number of aromatic nitrogens is 1. The molecule has 0 spiro atoms. The zero-order valence-electron chi connectivity index (χ0n) is 11.5. The molecule has 0 saturated carbocycles. The summed E-state index contributed by atoms with van der Waals surface area (Å²) in [6, 6.07) is 11.2. The number of alkyl halides is 1. The molecule has 1 unspecified atom stereocenters. The summed E-state index contributed by atoms with van der Waals surface area (Å²) in [7, 11) is 0. The van der Waals surface area contributed by atoms with Crippen LogP contribution in [0.1, 0.15) is 5.56 Å². The Hall–Kier alpha value is -2.11. The molecule has 3 rings (SSSR count). The molecule has 0 amide bonds. The van der Waals surface area contributed by atoms with E-state index in [4.69, 9.17) is 10.5 Å². The SMILES string of the molecule is NCC(O)COc1ccc(CF)c2[nH]c3ccccc3c12. The molecule has 1 aromatic heterocycles. The predicted molar refractivity (Wildman–Crippen MR) is 81.2 cm³/mol. The zero-order valence-corrected chi connectivity index (χ0v) is 11.5. The van der Waals surface area contributed by atoms with Gasteiger partial charge in [0.25, 0.3) is 0 Å². The van der Waals surface area contributed by atoms with Gasteiger partial charge in [0, 0.05) is 28.4 Å². The van der Waals surface area contributed by atoms with Gasteiger partial charge in [-0.25, -0.2) is 4.39 Å². The minimum absolute atomic E-state index is 0.111. The number of benzene rings is 2.